The summed E-state index contributed by atoms with van der Waals surface area (Å²) in [6, 6.07) is 6.73. The number of nitrogens with one attached hydrogen (secondary N) is 1. The van der Waals surface area contributed by atoms with E-state index in [9.17, 15) is 10.2 Å². The van der Waals surface area contributed by atoms with Gasteiger partial charge in [0.05, 0.1) is 38.6 Å². The summed E-state index contributed by atoms with van der Waals surface area (Å²) in [6.07, 6.45) is 9.50. The van der Waals surface area contributed by atoms with Crippen molar-refractivity contribution in [2.45, 2.75) is 45.2 Å². The summed E-state index contributed by atoms with van der Waals surface area (Å²) in [5.41, 5.74) is 8.92. The Hall–Kier alpha value is -6.46. The smallest absolute Gasteiger partial charge is 0.320 e. The lowest BCUT2D eigenvalue weighted by atomic mass is 10.2. The van der Waals surface area contributed by atoms with Crippen LogP contribution in [0.4, 0.5) is 17.3 Å². The van der Waals surface area contributed by atoms with Crippen molar-refractivity contribution in [3.05, 3.63) is 54.0 Å². The summed E-state index contributed by atoms with van der Waals surface area (Å²) in [7, 11) is 0. The number of ether oxygens (including phenoxy) is 4. The first-order valence-electron chi connectivity index (χ1n) is 16.6. The van der Waals surface area contributed by atoms with E-state index in [2.05, 4.69) is 40.2 Å². The van der Waals surface area contributed by atoms with Crippen molar-refractivity contribution in [1.82, 2.24) is 49.0 Å². The molecule has 0 aliphatic carbocycles. The zero-order valence-electron chi connectivity index (χ0n) is 27.4. The van der Waals surface area contributed by atoms with Gasteiger partial charge in [-0.1, -0.05) is 12.2 Å². The normalized spacial score (nSPS) is 16.0. The highest BCUT2D eigenvalue weighted by Crippen LogP contribution is 2.32. The van der Waals surface area contributed by atoms with E-state index in [0.717, 1.165) is 25.7 Å². The molecule has 0 aromatic carbocycles. The van der Waals surface area contributed by atoms with Gasteiger partial charge < -0.3 is 40.2 Å². The number of anilines is 3. The molecule has 0 atom stereocenters. The second-order valence-corrected chi connectivity index (χ2v) is 11.9. The average Bonchev–Trinajstić information content (AvgIpc) is 3.60. The van der Waals surface area contributed by atoms with Gasteiger partial charge in [0, 0.05) is 18.0 Å². The van der Waals surface area contributed by atoms with Crippen LogP contribution in [-0.2, 0) is 13.1 Å². The van der Waals surface area contributed by atoms with Crippen LogP contribution in [0.25, 0.3) is 22.3 Å². The van der Waals surface area contributed by atoms with Gasteiger partial charge in [0.25, 0.3) is 12.0 Å². The molecule has 5 N–H and O–H groups in total. The van der Waals surface area contributed by atoms with E-state index in [1.165, 1.54) is 9.13 Å². The molecule has 0 saturated heterocycles. The number of fused-ring (bicyclic) bond motifs is 5. The maximum Gasteiger partial charge on any atom is 0.320 e. The molecule has 262 valence electrons. The first-order chi connectivity index (χ1) is 25.0. The van der Waals surface area contributed by atoms with Crippen LogP contribution in [0.15, 0.2) is 42.6 Å². The van der Waals surface area contributed by atoms with Crippen LogP contribution in [0, 0.1) is 0 Å². The van der Waals surface area contributed by atoms with E-state index >= 15 is 0 Å². The molecular formula is C33H34N12O6. The molecule has 18 heteroatoms. The Morgan fingerprint density at radius 1 is 0.725 bits per heavy atom. The predicted octanol–water partition coefficient (Wildman–Crippen LogP) is 3.64. The molecule has 6 aromatic heterocycles. The van der Waals surface area contributed by atoms with Crippen molar-refractivity contribution in [3.8, 4) is 35.7 Å². The molecule has 6 bridgehead atoms. The van der Waals surface area contributed by atoms with Crippen LogP contribution < -0.4 is 30.0 Å². The highest BCUT2D eigenvalue weighted by molar-refractivity contribution is 5.87. The molecule has 0 radical (unpaired) electrons. The molecule has 0 amide bonds. The van der Waals surface area contributed by atoms with Crippen molar-refractivity contribution in [1.29, 1.82) is 0 Å². The number of aromatic hydroxyl groups is 2. The topological polar surface area (TPSA) is 228 Å². The summed E-state index contributed by atoms with van der Waals surface area (Å²) in [4.78, 5) is 35.8. The monoisotopic (exact) mass is 694 g/mol. The van der Waals surface area contributed by atoms with Crippen LogP contribution in [-0.4, -0.2) is 85.6 Å². The summed E-state index contributed by atoms with van der Waals surface area (Å²) in [5, 5.41) is 25.2. The van der Waals surface area contributed by atoms with Crippen molar-refractivity contribution < 1.29 is 29.2 Å². The number of pyridine rings is 2. The Kier molecular flexibility index (Phi) is 8.61. The van der Waals surface area contributed by atoms with Crippen LogP contribution in [0.5, 0.6) is 35.7 Å². The van der Waals surface area contributed by atoms with Crippen molar-refractivity contribution in [3.63, 3.8) is 0 Å². The SMILES string of the molecule is Nc1nc2nc3c1nc(O)n3Cc1cc(Nc3nc4nc5c3nc(O)n5Cc3ncccc3OCCCCCO4)cc(n1)OC/C=C/CCCO2. The Morgan fingerprint density at radius 2 is 1.47 bits per heavy atom. The van der Waals surface area contributed by atoms with Crippen LogP contribution in [0.1, 0.15) is 43.5 Å². The quantitative estimate of drug-likeness (QED) is 0.190. The fourth-order valence-corrected chi connectivity index (χ4v) is 5.79. The second kappa shape index (κ2) is 13.8. The summed E-state index contributed by atoms with van der Waals surface area (Å²) in [5.74, 6) is 1.28. The maximum absolute atomic E-state index is 11.1. The van der Waals surface area contributed by atoms with Crippen LogP contribution >= 0.6 is 0 Å². The molecule has 0 saturated carbocycles. The van der Waals surface area contributed by atoms with Gasteiger partial charge in [0.1, 0.15) is 18.1 Å². The number of aromatic nitrogens is 10. The van der Waals surface area contributed by atoms with Crippen molar-refractivity contribution >= 4 is 39.7 Å². The Balaban J connectivity index is 1.20. The molecule has 8 heterocycles. The lowest BCUT2D eigenvalue weighted by Crippen LogP contribution is -2.10. The molecule has 0 fully saturated rings. The fraction of sp³-hybridized carbons (Fsp3) is 0.333. The standard InChI is InChI=1S/C33H34N12O6/c34-26-24-28-42-30(40-26)50-13-5-2-1-4-12-49-23-16-19(15-20(36-23)17-44(28)32(46)38-24)37-27-25-29-43-31(41-27)51-14-7-3-6-11-48-22-9-8-10-35-21(22)18-45(29)33(47)39-25/h1,4,8-10,15-16H,2-3,5-7,11-14,17-18H2,(H,38,46)(H,39,47)(H2,34,40,42)(H,36,37,41,43)/b4-1+. The molecule has 0 spiro atoms. The number of nitrogens with two attached hydrogens (primary N) is 1. The van der Waals surface area contributed by atoms with Gasteiger partial charge in [0.2, 0.25) is 5.88 Å². The van der Waals surface area contributed by atoms with Crippen molar-refractivity contribution in [2.75, 3.05) is 37.5 Å². The number of imidazole rings is 2. The minimum atomic E-state index is -0.323. The summed E-state index contributed by atoms with van der Waals surface area (Å²) >= 11 is 0. The number of nitrogens with zero attached hydrogens (tertiary/aromatic N) is 10. The molecule has 2 aliphatic rings. The number of hydrogen-bond donors (Lipinski definition) is 4. The van der Waals surface area contributed by atoms with Gasteiger partial charge in [0.15, 0.2) is 34.0 Å². The molecule has 8 rings (SSSR count). The van der Waals surface area contributed by atoms with E-state index < -0.39 is 0 Å². The van der Waals surface area contributed by atoms with E-state index in [1.54, 1.807) is 18.3 Å². The third-order valence-electron chi connectivity index (χ3n) is 8.25. The van der Waals surface area contributed by atoms with Crippen LogP contribution in [0.2, 0.25) is 0 Å². The molecule has 0 unspecified atom stereocenters. The van der Waals surface area contributed by atoms with E-state index in [0.29, 0.717) is 66.1 Å². The zero-order chi connectivity index (χ0) is 34.7. The molecule has 2 aliphatic heterocycles. The summed E-state index contributed by atoms with van der Waals surface area (Å²) < 4.78 is 26.8. The predicted molar refractivity (Wildman–Crippen MR) is 183 cm³/mol. The highest BCUT2D eigenvalue weighted by atomic mass is 16.5. The average molecular weight is 695 g/mol. The number of hydrogen-bond acceptors (Lipinski definition) is 16. The van der Waals surface area contributed by atoms with Gasteiger partial charge in [-0.15, -0.1) is 0 Å². The lowest BCUT2D eigenvalue weighted by Gasteiger charge is -2.14. The molecular weight excluding hydrogens is 660 g/mol. The van der Waals surface area contributed by atoms with E-state index in [-0.39, 0.29) is 66.5 Å². The maximum atomic E-state index is 11.1. The molecule has 6 aromatic rings. The molecule has 18 nitrogen and oxygen atoms in total. The largest absolute Gasteiger partial charge is 0.492 e. The van der Waals surface area contributed by atoms with Gasteiger partial charge >= 0.3 is 12.0 Å². The van der Waals surface area contributed by atoms with Gasteiger partial charge in [-0.3, -0.25) is 14.1 Å². The zero-order valence-corrected chi connectivity index (χ0v) is 27.4. The Labute approximate surface area is 290 Å². The number of nitrogen functional groups attached to an aromatic ring is 1. The van der Waals surface area contributed by atoms with E-state index in [1.807, 2.05) is 24.3 Å². The van der Waals surface area contributed by atoms with Gasteiger partial charge in [-0.2, -0.15) is 29.9 Å². The number of rotatable bonds is 2. The Bertz CT molecular complexity index is 2250. The van der Waals surface area contributed by atoms with Crippen molar-refractivity contribution in [2.24, 2.45) is 0 Å². The molecule has 51 heavy (non-hydrogen) atoms. The first-order valence-corrected chi connectivity index (χ1v) is 16.6. The van der Waals surface area contributed by atoms with Crippen LogP contribution in [0.3, 0.4) is 0 Å². The minimum Gasteiger partial charge on any atom is -0.492 e. The first kappa shape index (κ1) is 31.8. The fourth-order valence-electron chi connectivity index (χ4n) is 5.79. The second-order valence-electron chi connectivity index (χ2n) is 11.9. The third kappa shape index (κ3) is 6.75. The van der Waals surface area contributed by atoms with E-state index in [4.69, 9.17) is 29.7 Å². The summed E-state index contributed by atoms with van der Waals surface area (Å²) in [6.45, 7) is 1.74. The lowest BCUT2D eigenvalue weighted by molar-refractivity contribution is 0.265. The third-order valence-corrected chi connectivity index (χ3v) is 8.25. The highest BCUT2D eigenvalue weighted by Gasteiger charge is 2.22. The van der Waals surface area contributed by atoms with Gasteiger partial charge in [-0.05, 0) is 50.3 Å². The Morgan fingerprint density at radius 3 is 2.33 bits per heavy atom. The minimum absolute atomic E-state index is 0.0391. The number of allylic oxidation sites excluding steroid dienone is 1. The van der Waals surface area contributed by atoms with Gasteiger partial charge in [-0.25, -0.2) is 4.98 Å².